The Hall–Kier alpha value is -0.970. The number of ether oxygens (including phenoxy) is 1. The quantitative estimate of drug-likeness (QED) is 0.747. The van der Waals surface area contributed by atoms with E-state index >= 15 is 0 Å². The van der Waals surface area contributed by atoms with Crippen molar-refractivity contribution in [2.24, 2.45) is 0 Å². The van der Waals surface area contributed by atoms with Crippen molar-refractivity contribution in [3.8, 4) is 5.75 Å². The van der Waals surface area contributed by atoms with Crippen LogP contribution in [0.2, 0.25) is 5.02 Å². The van der Waals surface area contributed by atoms with Gasteiger partial charge in [-0.15, -0.1) is 0 Å². The molecule has 112 valence electrons. The van der Waals surface area contributed by atoms with Gasteiger partial charge in [-0.3, -0.25) is 4.90 Å². The Bertz CT molecular complexity index is 656. The van der Waals surface area contributed by atoms with Gasteiger partial charge in [-0.1, -0.05) is 17.7 Å². The van der Waals surface area contributed by atoms with Crippen molar-refractivity contribution in [3.63, 3.8) is 0 Å². The van der Waals surface area contributed by atoms with Crippen LogP contribution in [0.3, 0.4) is 0 Å². The number of aryl methyl sites for hydroxylation is 1. The fraction of sp³-hybridized carbons (Fsp3) is 0.375. The van der Waals surface area contributed by atoms with Gasteiger partial charge in [0.1, 0.15) is 23.4 Å². The molecule has 1 aliphatic rings. The van der Waals surface area contributed by atoms with E-state index in [0.717, 1.165) is 41.1 Å². The number of benzene rings is 1. The molecular formula is C16H17BrClNO2. The highest BCUT2D eigenvalue weighted by Gasteiger charge is 2.26. The number of halogens is 2. The van der Waals surface area contributed by atoms with E-state index in [0.29, 0.717) is 10.8 Å². The van der Waals surface area contributed by atoms with Gasteiger partial charge < -0.3 is 9.15 Å². The largest absolute Gasteiger partial charge is 0.484 e. The standard InChI is InChI=1S/C16H17BrClNO2/c1-10-8-11-13(6-7-19(2)9-15(11)20-10)21-14-5-3-4-12(17)16(14)18/h3-5,8,13H,6-7,9H2,1-2H3. The first kappa shape index (κ1) is 14.9. The maximum absolute atomic E-state index is 6.31. The van der Waals surface area contributed by atoms with E-state index in [-0.39, 0.29) is 6.10 Å². The van der Waals surface area contributed by atoms with E-state index in [1.807, 2.05) is 25.1 Å². The van der Waals surface area contributed by atoms with Crippen LogP contribution < -0.4 is 4.74 Å². The number of hydrogen-bond acceptors (Lipinski definition) is 3. The summed E-state index contributed by atoms with van der Waals surface area (Å²) in [6.07, 6.45) is 0.875. The van der Waals surface area contributed by atoms with E-state index in [1.54, 1.807) is 0 Å². The minimum atomic E-state index is -0.0331. The molecule has 2 aromatic rings. The second-order valence-corrected chi connectivity index (χ2v) is 6.65. The minimum Gasteiger partial charge on any atom is -0.484 e. The summed E-state index contributed by atoms with van der Waals surface area (Å²) in [5.41, 5.74) is 1.13. The van der Waals surface area contributed by atoms with Gasteiger partial charge >= 0.3 is 0 Å². The van der Waals surface area contributed by atoms with Crippen LogP contribution in [0.4, 0.5) is 0 Å². The molecule has 1 atom stereocenters. The molecule has 3 rings (SSSR count). The molecule has 0 radical (unpaired) electrons. The lowest BCUT2D eigenvalue weighted by atomic mass is 10.1. The first-order chi connectivity index (χ1) is 10.0. The van der Waals surface area contributed by atoms with Crippen molar-refractivity contribution in [1.82, 2.24) is 4.90 Å². The van der Waals surface area contributed by atoms with Gasteiger partial charge in [0.05, 0.1) is 11.6 Å². The summed E-state index contributed by atoms with van der Waals surface area (Å²) in [5, 5.41) is 0.608. The lowest BCUT2D eigenvalue weighted by Gasteiger charge is -2.19. The van der Waals surface area contributed by atoms with Crippen LogP contribution in [-0.2, 0) is 6.54 Å². The van der Waals surface area contributed by atoms with Crippen molar-refractivity contribution < 1.29 is 9.15 Å². The average Bonchev–Trinajstić information content (AvgIpc) is 2.73. The number of fused-ring (bicyclic) bond motifs is 1. The Morgan fingerprint density at radius 3 is 3.05 bits per heavy atom. The zero-order valence-electron chi connectivity index (χ0n) is 12.0. The van der Waals surface area contributed by atoms with Gasteiger partial charge in [-0.25, -0.2) is 0 Å². The number of hydrogen-bond donors (Lipinski definition) is 0. The lowest BCUT2D eigenvalue weighted by Crippen LogP contribution is -2.18. The molecule has 3 nitrogen and oxygen atoms in total. The number of furan rings is 1. The Labute approximate surface area is 138 Å². The van der Waals surface area contributed by atoms with E-state index < -0.39 is 0 Å². The van der Waals surface area contributed by atoms with E-state index in [2.05, 4.69) is 33.9 Å². The van der Waals surface area contributed by atoms with Gasteiger partial charge in [0.15, 0.2) is 0 Å². The predicted molar refractivity (Wildman–Crippen MR) is 86.9 cm³/mol. The maximum Gasteiger partial charge on any atom is 0.139 e. The third-order valence-electron chi connectivity index (χ3n) is 3.68. The third kappa shape index (κ3) is 3.12. The predicted octanol–water partition coefficient (Wildman–Crippen LogP) is 4.96. The van der Waals surface area contributed by atoms with E-state index in [1.165, 1.54) is 0 Å². The summed E-state index contributed by atoms with van der Waals surface area (Å²) >= 11 is 9.74. The summed E-state index contributed by atoms with van der Waals surface area (Å²) in [4.78, 5) is 2.24. The molecule has 1 unspecified atom stereocenters. The molecule has 0 saturated carbocycles. The molecule has 1 aliphatic heterocycles. The lowest BCUT2D eigenvalue weighted by molar-refractivity contribution is 0.182. The smallest absolute Gasteiger partial charge is 0.139 e. The second kappa shape index (κ2) is 6.03. The van der Waals surface area contributed by atoms with Crippen LogP contribution in [0.25, 0.3) is 0 Å². The van der Waals surface area contributed by atoms with Crippen molar-refractivity contribution in [2.75, 3.05) is 13.6 Å². The molecule has 21 heavy (non-hydrogen) atoms. The fourth-order valence-corrected chi connectivity index (χ4v) is 3.16. The monoisotopic (exact) mass is 369 g/mol. The summed E-state index contributed by atoms with van der Waals surface area (Å²) in [7, 11) is 2.09. The summed E-state index contributed by atoms with van der Waals surface area (Å²) in [6, 6.07) is 7.80. The molecule has 1 aromatic carbocycles. The van der Waals surface area contributed by atoms with Crippen LogP contribution in [-0.4, -0.2) is 18.5 Å². The molecule has 0 N–H and O–H groups in total. The average molecular weight is 371 g/mol. The molecule has 0 saturated heterocycles. The molecule has 5 heteroatoms. The summed E-state index contributed by atoms with van der Waals surface area (Å²) in [5.74, 6) is 2.61. The van der Waals surface area contributed by atoms with Crippen LogP contribution in [0.1, 0.15) is 29.6 Å². The third-order valence-corrected chi connectivity index (χ3v) is 4.96. The zero-order chi connectivity index (χ0) is 15.0. The van der Waals surface area contributed by atoms with Gasteiger partial charge in [0.2, 0.25) is 0 Å². The summed E-state index contributed by atoms with van der Waals surface area (Å²) in [6.45, 7) is 3.74. The Morgan fingerprint density at radius 2 is 2.24 bits per heavy atom. The van der Waals surface area contributed by atoms with Crippen molar-refractivity contribution in [1.29, 1.82) is 0 Å². The summed E-state index contributed by atoms with van der Waals surface area (Å²) < 4.78 is 12.8. The van der Waals surface area contributed by atoms with Crippen LogP contribution in [0.5, 0.6) is 5.75 Å². The maximum atomic E-state index is 6.31. The first-order valence-corrected chi connectivity index (χ1v) is 8.10. The fourth-order valence-electron chi connectivity index (χ4n) is 2.65. The van der Waals surface area contributed by atoms with Crippen LogP contribution in [0, 0.1) is 6.92 Å². The minimum absolute atomic E-state index is 0.0331. The highest BCUT2D eigenvalue weighted by Crippen LogP contribution is 2.38. The molecule has 0 amide bonds. The highest BCUT2D eigenvalue weighted by molar-refractivity contribution is 9.10. The van der Waals surface area contributed by atoms with Gasteiger partial charge in [-0.2, -0.15) is 0 Å². The van der Waals surface area contributed by atoms with Gasteiger partial charge in [0.25, 0.3) is 0 Å². The molecule has 0 spiro atoms. The SMILES string of the molecule is Cc1cc2c(o1)CN(C)CCC2Oc1cccc(Br)c1Cl. The number of nitrogens with zero attached hydrogens (tertiary/aromatic N) is 1. The number of rotatable bonds is 2. The second-order valence-electron chi connectivity index (χ2n) is 5.42. The Kier molecular flexibility index (Phi) is 4.29. The highest BCUT2D eigenvalue weighted by atomic mass is 79.9. The van der Waals surface area contributed by atoms with E-state index in [9.17, 15) is 0 Å². The van der Waals surface area contributed by atoms with Crippen molar-refractivity contribution >= 4 is 27.5 Å². The van der Waals surface area contributed by atoms with Gasteiger partial charge in [0, 0.05) is 23.0 Å². The van der Waals surface area contributed by atoms with Crippen molar-refractivity contribution in [2.45, 2.75) is 26.0 Å². The molecular weight excluding hydrogens is 354 g/mol. The molecule has 0 aliphatic carbocycles. The molecule has 0 fully saturated rings. The van der Waals surface area contributed by atoms with Crippen LogP contribution in [0.15, 0.2) is 33.2 Å². The van der Waals surface area contributed by atoms with E-state index in [4.69, 9.17) is 20.8 Å². The molecule has 1 aromatic heterocycles. The van der Waals surface area contributed by atoms with Crippen molar-refractivity contribution in [3.05, 3.63) is 50.8 Å². The molecule has 2 heterocycles. The van der Waals surface area contributed by atoms with Gasteiger partial charge in [-0.05, 0) is 48.1 Å². The topological polar surface area (TPSA) is 25.6 Å². The Morgan fingerprint density at radius 1 is 1.43 bits per heavy atom. The van der Waals surface area contributed by atoms with Crippen LogP contribution >= 0.6 is 27.5 Å². The zero-order valence-corrected chi connectivity index (χ0v) is 14.4. The Balaban J connectivity index is 1.93. The normalized spacial score (nSPS) is 19.1. The molecule has 0 bridgehead atoms. The first-order valence-electron chi connectivity index (χ1n) is 6.93.